The lowest BCUT2D eigenvalue weighted by molar-refractivity contribution is -0.128. The minimum Gasteiger partial charge on any atom is -0.299 e. The maximum atomic E-state index is 13.3. The molecule has 5 rings (SSSR count). The summed E-state index contributed by atoms with van der Waals surface area (Å²) in [4.78, 5) is 39.4. The molecule has 0 saturated heterocycles. The first-order valence-corrected chi connectivity index (χ1v) is 14.0. The van der Waals surface area contributed by atoms with E-state index in [1.807, 2.05) is 13.8 Å². The number of carbonyl (C=O) groups excluding carboxylic acids is 3. The molecule has 1 unspecified atom stereocenters. The van der Waals surface area contributed by atoms with E-state index in [4.69, 9.17) is 4.28 Å². The summed E-state index contributed by atoms with van der Waals surface area (Å²) in [5.74, 6) is 4.04. The van der Waals surface area contributed by atoms with Crippen molar-refractivity contribution in [1.29, 1.82) is 0 Å². The van der Waals surface area contributed by atoms with Crippen LogP contribution >= 0.6 is 0 Å². The summed E-state index contributed by atoms with van der Waals surface area (Å²) in [7, 11) is -4.43. The van der Waals surface area contributed by atoms with Gasteiger partial charge in [0, 0.05) is 23.8 Å². The van der Waals surface area contributed by atoms with Gasteiger partial charge in [0.05, 0.1) is 22.3 Å². The molecule has 0 N–H and O–H groups in total. The number of Topliss-reactive ketones (excluding diaryl/α,β-unsaturated/α-hetero) is 1. The normalized spacial score (nSPS) is 24.4. The largest absolute Gasteiger partial charge is 0.299 e. The highest BCUT2D eigenvalue weighted by molar-refractivity contribution is 7.86. The molecular weight excluding hydrogens is 478 g/mol. The predicted molar refractivity (Wildman–Crippen MR) is 134 cm³/mol. The van der Waals surface area contributed by atoms with Crippen LogP contribution in [0.4, 0.5) is 0 Å². The van der Waals surface area contributed by atoms with Gasteiger partial charge < -0.3 is 0 Å². The van der Waals surface area contributed by atoms with Gasteiger partial charge in [0.25, 0.3) is 21.9 Å². The van der Waals surface area contributed by atoms with Crippen LogP contribution in [0, 0.1) is 28.6 Å². The fourth-order valence-corrected chi connectivity index (χ4v) is 7.92. The Hall–Kier alpha value is -3.02. The van der Waals surface area contributed by atoms with E-state index in [9.17, 15) is 22.8 Å². The number of hydrogen-bond acceptors (Lipinski definition) is 6. The first-order chi connectivity index (χ1) is 17.0. The minimum atomic E-state index is -4.43. The molecule has 2 atom stereocenters. The standard InChI is InChI=1S/C28H29NO6S/c1-4-5-6-7-9-18-12-13-22-24-20(18)10-8-11-21(24)25(31)29(26(22)32)35-36(33,34)17-28-15-14-19(16-23(28)30)27(28,2)3/h8,10-13,19H,4-6,14-17H2,1-3H3/t19-,28?/m1/s1. The van der Waals surface area contributed by atoms with Crippen LogP contribution in [0.5, 0.6) is 0 Å². The van der Waals surface area contributed by atoms with Crippen molar-refractivity contribution in [2.24, 2.45) is 16.7 Å². The Bertz CT molecular complexity index is 1460. The van der Waals surface area contributed by atoms with Crippen LogP contribution in [-0.2, 0) is 19.2 Å². The molecule has 3 aliphatic rings. The molecule has 2 fully saturated rings. The summed E-state index contributed by atoms with van der Waals surface area (Å²) >= 11 is 0. The number of ketones is 1. The highest BCUT2D eigenvalue weighted by Crippen LogP contribution is 2.64. The number of rotatable bonds is 6. The summed E-state index contributed by atoms with van der Waals surface area (Å²) in [6, 6.07) is 8.27. The molecule has 2 aromatic carbocycles. The third-order valence-electron chi connectivity index (χ3n) is 8.50. The summed E-state index contributed by atoms with van der Waals surface area (Å²) in [6.45, 7) is 5.93. The van der Waals surface area contributed by atoms with Crippen molar-refractivity contribution in [3.05, 3.63) is 47.0 Å². The third kappa shape index (κ3) is 3.60. The molecule has 2 aliphatic carbocycles. The molecule has 0 spiro atoms. The van der Waals surface area contributed by atoms with E-state index in [2.05, 4.69) is 18.8 Å². The van der Waals surface area contributed by atoms with Crippen LogP contribution in [0.1, 0.15) is 85.6 Å². The lowest BCUT2D eigenvalue weighted by Gasteiger charge is -2.36. The van der Waals surface area contributed by atoms with Gasteiger partial charge in [-0.2, -0.15) is 8.42 Å². The number of hydrogen-bond donors (Lipinski definition) is 0. The van der Waals surface area contributed by atoms with Gasteiger partial charge in [-0.1, -0.05) is 51.2 Å². The van der Waals surface area contributed by atoms with Gasteiger partial charge in [-0.05, 0) is 54.2 Å². The zero-order chi connectivity index (χ0) is 25.9. The number of benzene rings is 2. The van der Waals surface area contributed by atoms with Crippen molar-refractivity contribution in [3.8, 4) is 11.8 Å². The Balaban J connectivity index is 1.47. The van der Waals surface area contributed by atoms with E-state index < -0.39 is 38.5 Å². The van der Waals surface area contributed by atoms with Crippen LogP contribution in [0.2, 0.25) is 0 Å². The number of fused-ring (bicyclic) bond motifs is 2. The molecule has 7 nitrogen and oxygen atoms in total. The monoisotopic (exact) mass is 507 g/mol. The highest BCUT2D eigenvalue weighted by atomic mass is 32.2. The minimum absolute atomic E-state index is 0.0880. The summed E-state index contributed by atoms with van der Waals surface area (Å²) in [5.41, 5.74) is -0.520. The van der Waals surface area contributed by atoms with Gasteiger partial charge in [0.1, 0.15) is 5.78 Å². The zero-order valence-corrected chi connectivity index (χ0v) is 21.5. The van der Waals surface area contributed by atoms with Crippen LogP contribution in [0.3, 0.4) is 0 Å². The van der Waals surface area contributed by atoms with E-state index in [0.29, 0.717) is 34.2 Å². The van der Waals surface area contributed by atoms with E-state index in [1.54, 1.807) is 30.3 Å². The number of hydroxylamine groups is 2. The Morgan fingerprint density at radius 2 is 1.81 bits per heavy atom. The molecule has 1 aliphatic heterocycles. The molecule has 188 valence electrons. The number of amides is 2. The van der Waals surface area contributed by atoms with E-state index in [-0.39, 0.29) is 22.8 Å². The van der Waals surface area contributed by atoms with Gasteiger partial charge in [-0.15, -0.1) is 9.35 Å². The molecule has 8 heteroatoms. The van der Waals surface area contributed by atoms with Crippen molar-refractivity contribution in [2.75, 3.05) is 5.75 Å². The topological polar surface area (TPSA) is 97.8 Å². The van der Waals surface area contributed by atoms with Crippen LogP contribution in [0.15, 0.2) is 30.3 Å². The van der Waals surface area contributed by atoms with Crippen molar-refractivity contribution in [2.45, 2.75) is 59.3 Å². The van der Waals surface area contributed by atoms with Crippen LogP contribution < -0.4 is 0 Å². The van der Waals surface area contributed by atoms with Crippen molar-refractivity contribution >= 4 is 38.5 Å². The highest BCUT2D eigenvalue weighted by Gasteiger charge is 2.65. The molecule has 2 saturated carbocycles. The summed E-state index contributed by atoms with van der Waals surface area (Å²) in [5, 5.41) is 1.43. The average molecular weight is 508 g/mol. The SMILES string of the molecule is CCCCC#Cc1ccc2c3c(cccc13)C(=O)N(OS(=O)(=O)CC13CC[C@H](CC1=O)C3(C)C)C2=O. The quantitative estimate of drug-likeness (QED) is 0.321. The fraction of sp³-hybridized carbons (Fsp3) is 0.464. The molecular formula is C28H29NO6S. The second-order valence-corrected chi connectivity index (χ2v) is 12.2. The summed E-state index contributed by atoms with van der Waals surface area (Å²) in [6.07, 6.45) is 4.35. The molecule has 0 radical (unpaired) electrons. The fourth-order valence-electron chi connectivity index (χ4n) is 6.22. The second kappa shape index (κ2) is 8.53. The Labute approximate surface area is 211 Å². The van der Waals surface area contributed by atoms with Gasteiger partial charge in [-0.25, -0.2) is 0 Å². The van der Waals surface area contributed by atoms with Crippen molar-refractivity contribution in [1.82, 2.24) is 5.06 Å². The Morgan fingerprint density at radius 3 is 2.44 bits per heavy atom. The first-order valence-electron chi connectivity index (χ1n) is 12.4. The average Bonchev–Trinajstić information content (AvgIpc) is 3.17. The predicted octanol–water partition coefficient (Wildman–Crippen LogP) is 4.63. The van der Waals surface area contributed by atoms with E-state index in [0.717, 1.165) is 25.7 Å². The number of imide groups is 1. The molecule has 2 amide bonds. The molecule has 2 aromatic rings. The van der Waals surface area contributed by atoms with E-state index >= 15 is 0 Å². The molecule has 0 aromatic heterocycles. The zero-order valence-electron chi connectivity index (χ0n) is 20.7. The number of nitrogens with zero attached hydrogens (tertiary/aromatic N) is 1. The molecule has 36 heavy (non-hydrogen) atoms. The smallest absolute Gasteiger partial charge is 0.289 e. The summed E-state index contributed by atoms with van der Waals surface area (Å²) < 4.78 is 31.6. The van der Waals surface area contributed by atoms with E-state index in [1.165, 1.54) is 0 Å². The third-order valence-corrected chi connectivity index (χ3v) is 9.72. The van der Waals surface area contributed by atoms with Gasteiger partial charge in [0.15, 0.2) is 0 Å². The lowest BCUT2D eigenvalue weighted by atomic mass is 9.70. The van der Waals surface area contributed by atoms with Gasteiger partial charge in [-0.3, -0.25) is 14.4 Å². The van der Waals surface area contributed by atoms with Gasteiger partial charge in [0.2, 0.25) is 0 Å². The van der Waals surface area contributed by atoms with Crippen molar-refractivity contribution in [3.63, 3.8) is 0 Å². The second-order valence-electron chi connectivity index (χ2n) is 10.6. The Morgan fingerprint density at radius 1 is 1.08 bits per heavy atom. The molecule has 2 bridgehead atoms. The maximum absolute atomic E-state index is 13.3. The van der Waals surface area contributed by atoms with Crippen LogP contribution in [0.25, 0.3) is 10.8 Å². The number of unbranched alkanes of at least 4 members (excludes halogenated alkanes) is 2. The van der Waals surface area contributed by atoms with Gasteiger partial charge >= 0.3 is 0 Å². The van der Waals surface area contributed by atoms with Crippen molar-refractivity contribution < 1.29 is 27.1 Å². The molecule has 1 heterocycles. The maximum Gasteiger partial charge on any atom is 0.289 e. The first kappa shape index (κ1) is 24.7. The number of carbonyl (C=O) groups is 3. The van der Waals surface area contributed by atoms with Crippen LogP contribution in [-0.4, -0.2) is 36.8 Å². The Kier molecular flexibility index (Phi) is 5.85. The lowest BCUT2D eigenvalue weighted by Crippen LogP contribution is -2.46.